The highest BCUT2D eigenvalue weighted by Gasteiger charge is 2.39. The fourth-order valence-electron chi connectivity index (χ4n) is 3.52. The van der Waals surface area contributed by atoms with Crippen LogP contribution in [0.25, 0.3) is 10.9 Å². The number of benzene rings is 1. The van der Waals surface area contributed by atoms with Crippen LogP contribution in [0.4, 0.5) is 5.69 Å². The second kappa shape index (κ2) is 8.51. The number of imidazole rings is 1. The molecule has 2 heterocycles. The van der Waals surface area contributed by atoms with Crippen LogP contribution in [0.1, 0.15) is 55.9 Å². The lowest BCUT2D eigenvalue weighted by atomic mass is 10.2. The monoisotopic (exact) mass is 441 g/mol. The van der Waals surface area contributed by atoms with Gasteiger partial charge in [0.15, 0.2) is 8.32 Å². The number of hydrogen-bond donors (Lipinski definition) is 2. The van der Waals surface area contributed by atoms with Crippen molar-refractivity contribution < 1.29 is 9.22 Å². The molecule has 1 aromatic carbocycles. The van der Waals surface area contributed by atoms with Crippen molar-refractivity contribution in [2.75, 3.05) is 5.73 Å². The Morgan fingerprint density at radius 1 is 1.26 bits per heavy atom. The minimum absolute atomic E-state index is 0.0730. The molecule has 4 N–H and O–H groups in total. The number of carbonyl (C=O) groups excluding carboxylic acids is 1. The molecule has 3 rings (SSSR count). The van der Waals surface area contributed by atoms with E-state index in [4.69, 9.17) is 15.9 Å². The third-order valence-electron chi connectivity index (χ3n) is 6.38. The minimum Gasteiger partial charge on any atom is -0.399 e. The lowest BCUT2D eigenvalue weighted by Crippen LogP contribution is -2.42. The van der Waals surface area contributed by atoms with Crippen LogP contribution in [-0.4, -0.2) is 28.3 Å². The first-order valence-corrected chi connectivity index (χ1v) is 13.7. The van der Waals surface area contributed by atoms with Crippen molar-refractivity contribution in [2.24, 2.45) is 5.73 Å². The molecular formula is C23H35N5O2Si. The number of nitrogens with zero attached hydrogens (tertiary/aromatic N) is 3. The largest absolute Gasteiger partial charge is 0.399 e. The molecule has 7 nitrogen and oxygen atoms in total. The van der Waals surface area contributed by atoms with Gasteiger partial charge in [-0.3, -0.25) is 4.79 Å². The SMILES string of the molecule is Cc1cn(CCC[C@@H](O[Si](C)(C)C(C)(C)C)n2cnc(C(N)=O)c2)c2cc(N)ccc12. The van der Waals surface area contributed by atoms with E-state index in [0.29, 0.717) is 0 Å². The molecule has 0 radical (unpaired) electrons. The molecule has 0 spiro atoms. The first-order chi connectivity index (χ1) is 14.4. The van der Waals surface area contributed by atoms with Crippen LogP contribution in [0.5, 0.6) is 0 Å². The van der Waals surface area contributed by atoms with Crippen LogP contribution in [0.15, 0.2) is 36.9 Å². The summed E-state index contributed by atoms with van der Waals surface area (Å²) in [7, 11) is -2.03. The number of aromatic nitrogens is 3. The second-order valence-electron chi connectivity index (χ2n) is 9.83. The van der Waals surface area contributed by atoms with E-state index in [1.807, 2.05) is 16.7 Å². The van der Waals surface area contributed by atoms with Crippen molar-refractivity contribution in [1.29, 1.82) is 0 Å². The maximum absolute atomic E-state index is 11.5. The summed E-state index contributed by atoms with van der Waals surface area (Å²) in [6, 6.07) is 6.05. The van der Waals surface area contributed by atoms with Crippen LogP contribution in [0, 0.1) is 6.92 Å². The molecule has 1 amide bonds. The van der Waals surface area contributed by atoms with Gasteiger partial charge < -0.3 is 25.0 Å². The number of anilines is 1. The van der Waals surface area contributed by atoms with Gasteiger partial charge >= 0.3 is 0 Å². The van der Waals surface area contributed by atoms with Crippen LogP contribution < -0.4 is 11.5 Å². The van der Waals surface area contributed by atoms with Gasteiger partial charge in [-0.2, -0.15) is 0 Å². The molecule has 0 unspecified atom stereocenters. The number of nitrogens with two attached hydrogens (primary N) is 2. The maximum Gasteiger partial charge on any atom is 0.268 e. The molecular weight excluding hydrogens is 406 g/mol. The molecule has 0 aliphatic heterocycles. The van der Waals surface area contributed by atoms with Crippen molar-refractivity contribution in [1.82, 2.24) is 14.1 Å². The van der Waals surface area contributed by atoms with Gasteiger partial charge in [-0.1, -0.05) is 26.8 Å². The summed E-state index contributed by atoms with van der Waals surface area (Å²) in [5, 5.41) is 1.30. The molecule has 1 atom stereocenters. The smallest absolute Gasteiger partial charge is 0.268 e. The molecule has 0 fully saturated rings. The summed E-state index contributed by atoms with van der Waals surface area (Å²) < 4.78 is 10.9. The summed E-state index contributed by atoms with van der Waals surface area (Å²) >= 11 is 0. The zero-order valence-electron chi connectivity index (χ0n) is 19.5. The molecule has 0 saturated heterocycles. The number of carbonyl (C=O) groups is 1. The van der Waals surface area contributed by atoms with E-state index in [1.165, 1.54) is 10.9 Å². The first-order valence-electron chi connectivity index (χ1n) is 10.7. The number of primary amides is 1. The fourth-order valence-corrected chi connectivity index (χ4v) is 4.79. The zero-order valence-corrected chi connectivity index (χ0v) is 20.5. The highest BCUT2D eigenvalue weighted by Crippen LogP contribution is 2.39. The minimum atomic E-state index is -2.03. The molecule has 8 heteroatoms. The summed E-state index contributed by atoms with van der Waals surface area (Å²) in [5.74, 6) is -0.531. The average Bonchev–Trinajstić information content (AvgIpc) is 3.25. The van der Waals surface area contributed by atoms with Gasteiger partial charge in [0, 0.05) is 30.0 Å². The Hall–Kier alpha value is -2.58. The van der Waals surface area contributed by atoms with E-state index < -0.39 is 14.2 Å². The van der Waals surface area contributed by atoms with Gasteiger partial charge in [0.2, 0.25) is 0 Å². The summed E-state index contributed by atoms with van der Waals surface area (Å²) in [6.45, 7) is 14.1. The Morgan fingerprint density at radius 2 is 1.97 bits per heavy atom. The van der Waals surface area contributed by atoms with E-state index in [0.717, 1.165) is 30.6 Å². The quantitative estimate of drug-likeness (QED) is 0.386. The number of amides is 1. The van der Waals surface area contributed by atoms with Gasteiger partial charge in [0.25, 0.3) is 5.91 Å². The topological polar surface area (TPSA) is 101 Å². The standard InChI is InChI=1S/C23H35N5O2Si/c1-16-13-27(20-12-17(24)9-10-18(16)20)11-7-8-21(30-31(5,6)23(2,3)4)28-14-19(22(25)29)26-15-28/h9-10,12-15,21H,7-8,11,24H2,1-6H3,(H2,25,29)/t21-/m1/s1. The predicted molar refractivity (Wildman–Crippen MR) is 128 cm³/mol. The third-order valence-corrected chi connectivity index (χ3v) is 10.9. The lowest BCUT2D eigenvalue weighted by Gasteiger charge is -2.39. The number of aryl methyl sites for hydroxylation is 2. The number of fused-ring (bicyclic) bond motifs is 1. The Kier molecular flexibility index (Phi) is 6.34. The summed E-state index contributed by atoms with van der Waals surface area (Å²) in [5.41, 5.74) is 14.8. The van der Waals surface area contributed by atoms with Gasteiger partial charge in [-0.05, 0) is 55.6 Å². The Bertz CT molecular complexity index is 1080. The normalized spacial score (nSPS) is 13.6. The molecule has 0 saturated carbocycles. The van der Waals surface area contributed by atoms with Crippen molar-refractivity contribution in [3.8, 4) is 0 Å². The Labute approximate surface area is 185 Å². The summed E-state index contributed by atoms with van der Waals surface area (Å²) in [6.07, 6.45) is 7.01. The average molecular weight is 442 g/mol. The lowest BCUT2D eigenvalue weighted by molar-refractivity contribution is 0.0984. The predicted octanol–water partition coefficient (Wildman–Crippen LogP) is 4.83. The van der Waals surface area contributed by atoms with Gasteiger partial charge in [-0.25, -0.2) is 4.98 Å². The number of hydrogen-bond acceptors (Lipinski definition) is 4. The van der Waals surface area contributed by atoms with Gasteiger partial charge in [0.05, 0.1) is 11.8 Å². The van der Waals surface area contributed by atoms with Gasteiger partial charge in [0.1, 0.15) is 11.9 Å². The molecule has 2 aromatic heterocycles. The highest BCUT2D eigenvalue weighted by atomic mass is 28.4. The van der Waals surface area contributed by atoms with Crippen LogP contribution in [0.2, 0.25) is 18.1 Å². The van der Waals surface area contributed by atoms with E-state index in [2.05, 4.69) is 62.6 Å². The molecule has 31 heavy (non-hydrogen) atoms. The second-order valence-corrected chi connectivity index (χ2v) is 14.6. The van der Waals surface area contributed by atoms with Gasteiger partial charge in [-0.15, -0.1) is 0 Å². The van der Waals surface area contributed by atoms with Crippen LogP contribution >= 0.6 is 0 Å². The van der Waals surface area contributed by atoms with E-state index in [9.17, 15) is 4.79 Å². The summed E-state index contributed by atoms with van der Waals surface area (Å²) in [4.78, 5) is 15.7. The fraction of sp³-hybridized carbons (Fsp3) is 0.478. The van der Waals surface area contributed by atoms with E-state index >= 15 is 0 Å². The van der Waals surface area contributed by atoms with E-state index in [-0.39, 0.29) is 17.0 Å². The Balaban J connectivity index is 1.80. The van der Waals surface area contributed by atoms with E-state index in [1.54, 1.807) is 12.5 Å². The Morgan fingerprint density at radius 3 is 2.58 bits per heavy atom. The molecule has 0 aliphatic rings. The van der Waals surface area contributed by atoms with Crippen molar-refractivity contribution >= 4 is 30.8 Å². The maximum atomic E-state index is 11.5. The number of nitrogen functional groups attached to an aromatic ring is 1. The third kappa shape index (κ3) is 5.02. The first kappa shape index (κ1) is 23.1. The van der Waals surface area contributed by atoms with Crippen LogP contribution in [-0.2, 0) is 11.0 Å². The van der Waals surface area contributed by atoms with Crippen molar-refractivity contribution in [3.05, 3.63) is 48.2 Å². The van der Waals surface area contributed by atoms with Crippen molar-refractivity contribution in [2.45, 2.75) is 71.4 Å². The molecule has 0 aliphatic carbocycles. The number of rotatable bonds is 8. The van der Waals surface area contributed by atoms with Crippen LogP contribution in [0.3, 0.4) is 0 Å². The van der Waals surface area contributed by atoms with Crippen molar-refractivity contribution in [3.63, 3.8) is 0 Å². The highest BCUT2D eigenvalue weighted by molar-refractivity contribution is 6.74. The zero-order chi connectivity index (χ0) is 23.0. The molecule has 168 valence electrons. The molecule has 0 bridgehead atoms. The molecule has 3 aromatic rings.